The van der Waals surface area contributed by atoms with Crippen LogP contribution in [0.5, 0.6) is 0 Å². The van der Waals surface area contributed by atoms with E-state index in [4.69, 9.17) is 0 Å². The monoisotopic (exact) mass is 229 g/mol. The molecule has 2 aliphatic rings. The van der Waals surface area contributed by atoms with Gasteiger partial charge < -0.3 is 5.32 Å². The fourth-order valence-corrected chi connectivity index (χ4v) is 3.43. The standard InChI is InChI=1S/C16H23N/c1-16(2)9-10-17-15-8-7-13(11-14(15)16)12-5-3-4-6-12/h7-8,11-12,17H,3-6,9-10H2,1-2H3. The van der Waals surface area contributed by atoms with Gasteiger partial charge in [0.15, 0.2) is 0 Å². The molecule has 0 aromatic heterocycles. The van der Waals surface area contributed by atoms with Gasteiger partial charge in [-0.3, -0.25) is 0 Å². The Hall–Kier alpha value is -0.980. The van der Waals surface area contributed by atoms with E-state index in [-0.39, 0.29) is 0 Å². The van der Waals surface area contributed by atoms with E-state index < -0.39 is 0 Å². The maximum absolute atomic E-state index is 3.54. The third-order valence-electron chi connectivity index (χ3n) is 4.66. The predicted molar refractivity (Wildman–Crippen MR) is 73.8 cm³/mol. The van der Waals surface area contributed by atoms with Crippen molar-refractivity contribution in [3.8, 4) is 0 Å². The molecular formula is C16H23N. The minimum absolute atomic E-state index is 0.342. The van der Waals surface area contributed by atoms with Gasteiger partial charge in [0.05, 0.1) is 0 Å². The summed E-state index contributed by atoms with van der Waals surface area (Å²) in [6.07, 6.45) is 6.88. The summed E-state index contributed by atoms with van der Waals surface area (Å²) < 4.78 is 0. The van der Waals surface area contributed by atoms with E-state index in [1.165, 1.54) is 43.4 Å². The van der Waals surface area contributed by atoms with Crippen molar-refractivity contribution in [2.24, 2.45) is 0 Å². The van der Waals surface area contributed by atoms with E-state index in [9.17, 15) is 0 Å². The second-order valence-electron chi connectivity index (χ2n) is 6.35. The fraction of sp³-hybridized carbons (Fsp3) is 0.625. The summed E-state index contributed by atoms with van der Waals surface area (Å²) in [5, 5.41) is 3.54. The largest absolute Gasteiger partial charge is 0.385 e. The Kier molecular flexibility index (Phi) is 2.65. The molecule has 0 unspecified atom stereocenters. The molecule has 1 aliphatic carbocycles. The van der Waals surface area contributed by atoms with Gasteiger partial charge in [-0.2, -0.15) is 0 Å². The molecule has 1 fully saturated rings. The minimum atomic E-state index is 0.342. The predicted octanol–water partition coefficient (Wildman–Crippen LogP) is 4.44. The Morgan fingerprint density at radius 2 is 1.94 bits per heavy atom. The first-order valence-electron chi connectivity index (χ1n) is 7.05. The van der Waals surface area contributed by atoms with Gasteiger partial charge in [-0.25, -0.2) is 0 Å². The quantitative estimate of drug-likeness (QED) is 0.750. The van der Waals surface area contributed by atoms with Crippen molar-refractivity contribution in [1.29, 1.82) is 0 Å². The molecule has 1 aromatic rings. The van der Waals surface area contributed by atoms with E-state index in [0.717, 1.165) is 12.5 Å². The van der Waals surface area contributed by atoms with Gasteiger partial charge in [0.25, 0.3) is 0 Å². The van der Waals surface area contributed by atoms with Crippen LogP contribution < -0.4 is 5.32 Å². The lowest BCUT2D eigenvalue weighted by Gasteiger charge is -2.34. The lowest BCUT2D eigenvalue weighted by atomic mass is 9.77. The Bertz CT molecular complexity index is 414. The highest BCUT2D eigenvalue weighted by Gasteiger charge is 2.28. The second-order valence-corrected chi connectivity index (χ2v) is 6.35. The van der Waals surface area contributed by atoms with Gasteiger partial charge >= 0.3 is 0 Å². The topological polar surface area (TPSA) is 12.0 Å². The highest BCUT2D eigenvalue weighted by atomic mass is 14.9. The van der Waals surface area contributed by atoms with Crippen molar-refractivity contribution in [3.63, 3.8) is 0 Å². The molecule has 1 aliphatic heterocycles. The zero-order chi connectivity index (χ0) is 11.9. The number of fused-ring (bicyclic) bond motifs is 1. The van der Waals surface area contributed by atoms with E-state index in [2.05, 4.69) is 37.4 Å². The summed E-state index contributed by atoms with van der Waals surface area (Å²) in [4.78, 5) is 0. The van der Waals surface area contributed by atoms with Gasteiger partial charge in [0.2, 0.25) is 0 Å². The van der Waals surface area contributed by atoms with Crippen LogP contribution in [0, 0.1) is 0 Å². The normalized spacial score (nSPS) is 23.2. The molecule has 1 heterocycles. The average Bonchev–Trinajstić information content (AvgIpc) is 2.82. The smallest absolute Gasteiger partial charge is 0.0378 e. The second kappa shape index (κ2) is 4.04. The number of benzene rings is 1. The molecule has 3 rings (SSSR count). The summed E-state index contributed by atoms with van der Waals surface area (Å²) in [5.74, 6) is 0.832. The minimum Gasteiger partial charge on any atom is -0.385 e. The molecule has 92 valence electrons. The van der Waals surface area contributed by atoms with Crippen molar-refractivity contribution < 1.29 is 0 Å². The molecule has 0 amide bonds. The Morgan fingerprint density at radius 3 is 2.71 bits per heavy atom. The zero-order valence-corrected chi connectivity index (χ0v) is 11.1. The first kappa shape index (κ1) is 11.1. The van der Waals surface area contributed by atoms with Gasteiger partial charge in [-0.1, -0.05) is 38.8 Å². The molecular weight excluding hydrogens is 206 g/mol. The van der Waals surface area contributed by atoms with Crippen molar-refractivity contribution >= 4 is 5.69 Å². The zero-order valence-electron chi connectivity index (χ0n) is 11.1. The van der Waals surface area contributed by atoms with Crippen molar-refractivity contribution in [2.75, 3.05) is 11.9 Å². The molecule has 1 heteroatoms. The summed E-state index contributed by atoms with van der Waals surface area (Å²) in [6.45, 7) is 5.87. The van der Waals surface area contributed by atoms with Crippen LogP contribution in [0.4, 0.5) is 5.69 Å². The maximum Gasteiger partial charge on any atom is 0.0378 e. The molecule has 1 N–H and O–H groups in total. The average molecular weight is 229 g/mol. The number of nitrogens with one attached hydrogen (secondary N) is 1. The van der Waals surface area contributed by atoms with E-state index in [0.29, 0.717) is 5.41 Å². The van der Waals surface area contributed by atoms with Crippen LogP contribution in [0.1, 0.15) is 63.0 Å². The lowest BCUT2D eigenvalue weighted by molar-refractivity contribution is 0.481. The molecule has 1 nitrogen and oxygen atoms in total. The third kappa shape index (κ3) is 1.96. The fourth-order valence-electron chi connectivity index (χ4n) is 3.43. The van der Waals surface area contributed by atoms with E-state index >= 15 is 0 Å². The number of rotatable bonds is 1. The Morgan fingerprint density at radius 1 is 1.18 bits per heavy atom. The molecule has 0 atom stereocenters. The number of hydrogen-bond donors (Lipinski definition) is 1. The first-order chi connectivity index (χ1) is 8.17. The molecule has 0 bridgehead atoms. The van der Waals surface area contributed by atoms with Gasteiger partial charge in [-0.15, -0.1) is 0 Å². The summed E-state index contributed by atoms with van der Waals surface area (Å²) in [6, 6.07) is 7.14. The molecule has 17 heavy (non-hydrogen) atoms. The van der Waals surface area contributed by atoms with Crippen molar-refractivity contribution in [3.05, 3.63) is 29.3 Å². The van der Waals surface area contributed by atoms with Crippen LogP contribution in [0.3, 0.4) is 0 Å². The van der Waals surface area contributed by atoms with Crippen LogP contribution in [0.25, 0.3) is 0 Å². The summed E-state index contributed by atoms with van der Waals surface area (Å²) >= 11 is 0. The van der Waals surface area contributed by atoms with Crippen molar-refractivity contribution in [2.45, 2.75) is 57.3 Å². The Labute approximate surface area is 105 Å². The Balaban J connectivity index is 1.98. The third-order valence-corrected chi connectivity index (χ3v) is 4.66. The summed E-state index contributed by atoms with van der Waals surface area (Å²) in [7, 11) is 0. The van der Waals surface area contributed by atoms with Crippen LogP contribution in [-0.2, 0) is 5.41 Å². The molecule has 1 saturated carbocycles. The lowest BCUT2D eigenvalue weighted by Crippen LogP contribution is -2.28. The maximum atomic E-state index is 3.54. The van der Waals surface area contributed by atoms with Gasteiger partial charge in [0, 0.05) is 12.2 Å². The van der Waals surface area contributed by atoms with E-state index in [1.54, 1.807) is 5.56 Å². The van der Waals surface area contributed by atoms with Gasteiger partial charge in [-0.05, 0) is 47.8 Å². The van der Waals surface area contributed by atoms with Crippen LogP contribution >= 0.6 is 0 Å². The van der Waals surface area contributed by atoms with Gasteiger partial charge in [0.1, 0.15) is 0 Å². The first-order valence-corrected chi connectivity index (χ1v) is 7.05. The number of hydrogen-bond acceptors (Lipinski definition) is 1. The highest BCUT2D eigenvalue weighted by Crippen LogP contribution is 2.41. The SMILES string of the molecule is CC1(C)CCNc2ccc(C3CCCC3)cc21. The van der Waals surface area contributed by atoms with E-state index in [1.807, 2.05) is 0 Å². The molecule has 0 spiro atoms. The number of anilines is 1. The van der Waals surface area contributed by atoms with Crippen molar-refractivity contribution in [1.82, 2.24) is 0 Å². The van der Waals surface area contributed by atoms with Crippen LogP contribution in [-0.4, -0.2) is 6.54 Å². The molecule has 0 radical (unpaired) electrons. The molecule has 0 saturated heterocycles. The summed E-state index contributed by atoms with van der Waals surface area (Å²) in [5.41, 5.74) is 4.82. The molecule has 1 aromatic carbocycles. The highest BCUT2D eigenvalue weighted by molar-refractivity contribution is 5.58. The van der Waals surface area contributed by atoms with Crippen LogP contribution in [0.2, 0.25) is 0 Å². The van der Waals surface area contributed by atoms with Crippen LogP contribution in [0.15, 0.2) is 18.2 Å².